The summed E-state index contributed by atoms with van der Waals surface area (Å²) in [6.07, 6.45) is -2.55. The fourth-order valence-electron chi connectivity index (χ4n) is 15.3. The standard InChI is InChI=1S/C97H131N23O26S4/c1-11-50(8)80-93(141)104-40-75(126)108-68(42-121)90(138)113-63(31-53-20-14-12-15-21-53)87(135)105-51(9)81(129)101-38-76(127)110-69-44-149-150-45-70(91(139)112-61(30-47(2)3)84(132)102-41-77(128)118-80)109-73(124)36-67-97(145)146-96(144)66(34-56-37-100-60-25-19-18-24-58(56)60)115-88(136)64(32-54-22-16-13-17-23-54)114-92(140)71(46-148-147-43-59(98)83(131)111-65(35-72(99)123)89(137)116-67)117-94(142)78(48(4)5)120-95(143)79(49(6)7)119-82(130)52(10)106-86(134)62(107-74(125)39-103-85(69)133)33-55-26-28-57(122)29-27-55/h12-29,37,47-52,59,61-71,78-80,100,121-122H,11,30-36,38-46,98H2,1-10H3,(H2,99,123)(H,101,129)(H,102,132)(H,103,133)(H,104,141)(H,105,135)(H,106,134)(H,107,125)(H,108,126)(H,109,124)(H,110,127)(H,111,131)(H,112,139)(H,113,138)(H,114,140)(H,115,136)(H,116,137)(H,117,142)(H,118,128)(H,119,130)(H,120,143). The molecule has 1 aromatic heterocycles. The van der Waals surface area contributed by atoms with E-state index in [0.29, 0.717) is 54.7 Å². The van der Waals surface area contributed by atoms with Crippen LogP contribution in [0, 0.1) is 23.7 Å². The quantitative estimate of drug-likeness (QED) is 0.0179. The molecule has 0 radical (unpaired) electrons. The van der Waals surface area contributed by atoms with Crippen molar-refractivity contribution in [3.63, 3.8) is 0 Å². The number of rotatable bonds is 17. The van der Waals surface area contributed by atoms with E-state index in [1.54, 1.807) is 126 Å². The maximum Gasteiger partial charge on any atom is 0.336 e. The number of aromatic nitrogens is 1. The minimum atomic E-state index is -2.47. The molecule has 18 atom stereocenters. The smallest absolute Gasteiger partial charge is 0.336 e. The van der Waals surface area contributed by atoms with Crippen LogP contribution in [0.15, 0.2) is 115 Å². The van der Waals surface area contributed by atoms with Crippen LogP contribution in [0.4, 0.5) is 0 Å². The molecule has 0 aliphatic carbocycles. The maximum atomic E-state index is 15.5. The molecule has 21 amide bonds. The van der Waals surface area contributed by atoms with Gasteiger partial charge < -0.3 is 138 Å². The van der Waals surface area contributed by atoms with Crippen molar-refractivity contribution in [2.45, 2.75) is 223 Å². The second-order valence-electron chi connectivity index (χ2n) is 37.1. The van der Waals surface area contributed by atoms with Gasteiger partial charge in [-0.15, -0.1) is 0 Å². The van der Waals surface area contributed by atoms with Crippen LogP contribution in [0.25, 0.3) is 10.9 Å². The summed E-state index contributed by atoms with van der Waals surface area (Å²) >= 11 is 0. The molecule has 4 heterocycles. The summed E-state index contributed by atoms with van der Waals surface area (Å²) < 4.78 is 5.61. The van der Waals surface area contributed by atoms with Gasteiger partial charge >= 0.3 is 11.9 Å². The molecule has 4 aromatic carbocycles. The molecule has 49 nitrogen and oxygen atoms in total. The Labute approximate surface area is 879 Å². The van der Waals surface area contributed by atoms with E-state index in [9.17, 15) is 86.9 Å². The first kappa shape index (κ1) is 121. The van der Waals surface area contributed by atoms with Gasteiger partial charge in [-0.25, -0.2) is 9.59 Å². The SMILES string of the molecule is CCC(C)C1NC(=O)CNC(=O)C(CC(C)C)NC(=O)C2CSSCC(NC(=O)CNC(=O)C(C)NC(=O)C(Cc3ccccc3)NC(=O)C(CO)NC(=O)CNC1=O)C(=O)NCC(=O)NC(Cc1ccc(O)cc1)C(=O)NC(C)C(=O)NC(C(C)C)C(=O)NC(C(C)C)C(=O)NC1CSSCC(N)C(=O)NC(CC(N)=O)C(=O)NC(CC(=O)N2)C(=O)OC(=O)C(Cc2c[nH]c3ccccc23)NC(=O)C(Cc2ccccc2)NC1=O. The molecular weight excluding hydrogens is 2030 g/mol. The van der Waals surface area contributed by atoms with Gasteiger partial charge in [0.1, 0.15) is 102 Å². The van der Waals surface area contributed by atoms with Gasteiger partial charge in [0.15, 0.2) is 0 Å². The van der Waals surface area contributed by atoms with Gasteiger partial charge in [0, 0.05) is 65.8 Å². The fourth-order valence-corrected chi connectivity index (χ4v) is 19.9. The van der Waals surface area contributed by atoms with E-state index in [-0.39, 0.29) is 37.9 Å². The van der Waals surface area contributed by atoms with Crippen molar-refractivity contribution < 1.29 is 125 Å². The average Bonchev–Trinajstić information content (AvgIpc) is 1.67. The molecule has 4 bridgehead atoms. The van der Waals surface area contributed by atoms with Crippen molar-refractivity contribution in [2.24, 2.45) is 35.1 Å². The van der Waals surface area contributed by atoms with Gasteiger partial charge in [-0.1, -0.05) is 196 Å². The molecule has 8 rings (SSSR count). The minimum Gasteiger partial charge on any atom is -0.508 e. The molecule has 53 heteroatoms. The molecular formula is C97H131N23O26S4. The minimum absolute atomic E-state index is 0.198. The van der Waals surface area contributed by atoms with Gasteiger partial charge in [0.2, 0.25) is 124 Å². The van der Waals surface area contributed by atoms with Crippen LogP contribution < -0.4 is 118 Å². The summed E-state index contributed by atoms with van der Waals surface area (Å²) in [7, 11) is 3.01. The lowest BCUT2D eigenvalue weighted by molar-refractivity contribution is -0.165. The Morgan fingerprint density at radius 2 is 0.787 bits per heavy atom. The first-order valence-corrected chi connectivity index (χ1v) is 53.4. The summed E-state index contributed by atoms with van der Waals surface area (Å²) in [4.78, 5) is 338. The van der Waals surface area contributed by atoms with Crippen molar-refractivity contribution in [1.29, 1.82) is 0 Å². The van der Waals surface area contributed by atoms with Gasteiger partial charge in [0.25, 0.3) is 0 Å². The summed E-state index contributed by atoms with van der Waals surface area (Å²) in [5.74, 6) is -32.0. The summed E-state index contributed by atoms with van der Waals surface area (Å²) in [5, 5.41) is 70.5. The van der Waals surface area contributed by atoms with E-state index < -0.39 is 337 Å². The van der Waals surface area contributed by atoms with Crippen LogP contribution in [0.5, 0.6) is 5.75 Å². The highest BCUT2D eigenvalue weighted by atomic mass is 33.1. The third kappa shape index (κ3) is 38.9. The van der Waals surface area contributed by atoms with Gasteiger partial charge in [0.05, 0.1) is 51.7 Å². The lowest BCUT2D eigenvalue weighted by Gasteiger charge is -2.29. The molecule has 18 unspecified atom stereocenters. The largest absolute Gasteiger partial charge is 0.508 e. The number of ether oxygens (including phenoxy) is 1. The Morgan fingerprint density at radius 1 is 0.373 bits per heavy atom. The number of nitrogens with one attached hydrogen (secondary N) is 21. The molecule has 150 heavy (non-hydrogen) atoms. The Bertz CT molecular complexity index is 5670. The van der Waals surface area contributed by atoms with Gasteiger partial charge in [-0.3, -0.25) is 101 Å². The summed E-state index contributed by atoms with van der Waals surface area (Å²) in [6.45, 7) is 10.2. The number of amides is 21. The van der Waals surface area contributed by atoms with E-state index in [1.807, 2.05) is 0 Å². The zero-order chi connectivity index (χ0) is 110. The normalized spacial score (nSPS) is 26.0. The number of carbonyl (C=O) groups is 23. The number of fused-ring (bicyclic) bond motifs is 16. The molecule has 814 valence electrons. The number of aromatic amines is 1. The third-order valence-corrected chi connectivity index (χ3v) is 28.7. The first-order valence-electron chi connectivity index (χ1n) is 48.4. The second-order valence-corrected chi connectivity index (χ2v) is 42.2. The zero-order valence-electron chi connectivity index (χ0n) is 84.1. The number of phenolic OH excluding ortho intramolecular Hbond substituents is 1. The number of H-pyrrole nitrogens is 1. The van der Waals surface area contributed by atoms with Crippen LogP contribution in [0.3, 0.4) is 0 Å². The highest BCUT2D eigenvalue weighted by molar-refractivity contribution is 8.77. The Kier molecular flexibility index (Phi) is 48.0. The lowest BCUT2D eigenvalue weighted by Crippen LogP contribution is -2.62. The van der Waals surface area contributed by atoms with E-state index in [0.717, 1.165) is 21.6 Å². The number of hydrogen-bond acceptors (Lipinski definition) is 31. The Balaban J connectivity index is 1.27. The Hall–Kier alpha value is -14.5. The molecule has 0 saturated carbocycles. The monoisotopic (exact) mass is 2160 g/mol. The molecule has 3 aliphatic rings. The van der Waals surface area contributed by atoms with Crippen LogP contribution >= 0.6 is 43.2 Å². The van der Waals surface area contributed by atoms with Crippen molar-refractivity contribution in [3.8, 4) is 5.75 Å². The summed E-state index contributed by atoms with van der Waals surface area (Å²) in [5.41, 5.74) is 14.1. The molecule has 3 aliphatic heterocycles. The molecule has 27 N–H and O–H groups in total. The number of aliphatic hydroxyl groups is 1. The number of aliphatic hydroxyl groups excluding tert-OH is 1. The fraction of sp³-hybridized carbons (Fsp3) is 0.495. The van der Waals surface area contributed by atoms with E-state index in [1.165, 1.54) is 58.2 Å². The molecule has 0 spiro atoms. The topological polar surface area (TPSA) is 751 Å². The van der Waals surface area contributed by atoms with Crippen LogP contribution in [-0.2, 0) is 141 Å². The zero-order valence-corrected chi connectivity index (χ0v) is 87.4. The van der Waals surface area contributed by atoms with Crippen LogP contribution in [-0.4, -0.2) is 310 Å². The van der Waals surface area contributed by atoms with Gasteiger partial charge in [-0.05, 0) is 84.4 Å². The number of aromatic hydroxyl groups is 1. The van der Waals surface area contributed by atoms with Crippen molar-refractivity contribution in [2.75, 3.05) is 55.8 Å². The highest BCUT2D eigenvalue weighted by Crippen LogP contribution is 2.27. The Morgan fingerprint density at radius 3 is 1.33 bits per heavy atom. The maximum absolute atomic E-state index is 15.5. The summed E-state index contributed by atoms with van der Waals surface area (Å²) in [6, 6.07) is -1.60. The number of para-hydroxylation sites is 1. The number of carbonyl (C=O) groups excluding carboxylic acids is 23. The lowest BCUT2D eigenvalue weighted by atomic mass is 9.98. The molecule has 3 saturated heterocycles. The van der Waals surface area contributed by atoms with Crippen molar-refractivity contribution in [3.05, 3.63) is 138 Å². The van der Waals surface area contributed by atoms with Crippen molar-refractivity contribution in [1.82, 2.24) is 111 Å². The third-order valence-electron chi connectivity index (χ3n) is 23.9. The van der Waals surface area contributed by atoms with Crippen molar-refractivity contribution >= 4 is 190 Å². The number of benzene rings is 4. The second kappa shape index (κ2) is 59.7. The predicted octanol–water partition coefficient (Wildman–Crippen LogP) is -5.73. The molecule has 3 fully saturated rings. The van der Waals surface area contributed by atoms with Crippen LogP contribution in [0.1, 0.15) is 117 Å². The molecule has 5 aromatic rings. The van der Waals surface area contributed by atoms with E-state index in [2.05, 4.69) is 111 Å². The number of phenols is 1. The predicted molar refractivity (Wildman–Crippen MR) is 551 cm³/mol. The number of nitrogens with two attached hydrogens (primary N) is 2. The first-order chi connectivity index (χ1) is 71.2. The highest BCUT2D eigenvalue weighted by Gasteiger charge is 2.42. The number of hydrogen-bond donors (Lipinski definition) is 25. The van der Waals surface area contributed by atoms with E-state index in [4.69, 9.17) is 16.2 Å². The van der Waals surface area contributed by atoms with Gasteiger partial charge in [-0.2, -0.15) is 0 Å². The number of esters is 2. The number of primary amides is 1. The average molecular weight is 2160 g/mol. The van der Waals surface area contributed by atoms with E-state index >= 15 is 33.6 Å². The van der Waals surface area contributed by atoms with Crippen LogP contribution in [0.2, 0.25) is 0 Å².